The zero-order chi connectivity index (χ0) is 23.5. The number of anilines is 1. The Morgan fingerprint density at radius 2 is 1.97 bits per heavy atom. The number of aromatic nitrogens is 5. The molecule has 0 aliphatic heterocycles. The van der Waals surface area contributed by atoms with Crippen molar-refractivity contribution in [1.82, 2.24) is 24.7 Å². The summed E-state index contributed by atoms with van der Waals surface area (Å²) >= 11 is 0. The van der Waals surface area contributed by atoms with Gasteiger partial charge >= 0.3 is 13.1 Å². The zero-order valence-corrected chi connectivity index (χ0v) is 18.1. The van der Waals surface area contributed by atoms with Gasteiger partial charge in [0.05, 0.1) is 18.2 Å². The third-order valence-electron chi connectivity index (χ3n) is 5.09. The number of nitrogens with two attached hydrogens (primary N) is 1. The molecule has 0 aliphatic carbocycles. The van der Waals surface area contributed by atoms with E-state index < -0.39 is 13.0 Å². The normalized spacial score (nSPS) is 10.9. The van der Waals surface area contributed by atoms with Crippen LogP contribution < -0.4 is 21.3 Å². The molecule has 5 N–H and O–H groups in total. The van der Waals surface area contributed by atoms with E-state index in [1.807, 2.05) is 13.0 Å². The van der Waals surface area contributed by atoms with Gasteiger partial charge in [-0.2, -0.15) is 9.97 Å². The van der Waals surface area contributed by atoms with Crippen LogP contribution in [-0.2, 0) is 13.0 Å². The van der Waals surface area contributed by atoms with Crippen LogP contribution in [0.4, 0.5) is 5.82 Å². The molecule has 0 saturated carbocycles. The smallest absolute Gasteiger partial charge is 0.468 e. The van der Waals surface area contributed by atoms with Gasteiger partial charge < -0.3 is 25.8 Å². The number of carbonyl (C=O) groups excluding carboxylic acids is 1. The molecule has 2 aromatic carbocycles. The molecule has 11 nitrogen and oxygen atoms in total. The molecule has 0 fully saturated rings. The van der Waals surface area contributed by atoms with E-state index >= 15 is 0 Å². The summed E-state index contributed by atoms with van der Waals surface area (Å²) in [5.41, 5.74) is 8.55. The van der Waals surface area contributed by atoms with Crippen LogP contribution in [0.1, 0.15) is 28.5 Å². The van der Waals surface area contributed by atoms with Gasteiger partial charge in [0.1, 0.15) is 11.2 Å². The molecule has 0 aliphatic rings. The number of imidazole rings is 1. The van der Waals surface area contributed by atoms with Crippen LogP contribution in [0, 0.1) is 0 Å². The summed E-state index contributed by atoms with van der Waals surface area (Å²) in [6, 6.07) is 12.1. The summed E-state index contributed by atoms with van der Waals surface area (Å²) in [5.74, 6) is 0.105. The maximum Gasteiger partial charge on any atom is 0.488 e. The van der Waals surface area contributed by atoms with Gasteiger partial charge in [0.2, 0.25) is 0 Å². The van der Waals surface area contributed by atoms with Crippen molar-refractivity contribution in [3.8, 4) is 12.0 Å². The van der Waals surface area contributed by atoms with Crippen molar-refractivity contribution in [2.45, 2.75) is 19.9 Å². The maximum absolute atomic E-state index is 11.8. The lowest BCUT2D eigenvalue weighted by Gasteiger charge is -2.12. The average Bonchev–Trinajstić information content (AvgIpc) is 3.21. The van der Waals surface area contributed by atoms with Gasteiger partial charge in [0, 0.05) is 6.54 Å². The van der Waals surface area contributed by atoms with E-state index in [1.54, 1.807) is 41.0 Å². The number of rotatable bonds is 8. The van der Waals surface area contributed by atoms with Crippen molar-refractivity contribution in [2.24, 2.45) is 5.73 Å². The van der Waals surface area contributed by atoms with E-state index in [0.717, 1.165) is 5.56 Å². The fourth-order valence-electron chi connectivity index (χ4n) is 3.47. The Labute approximate surface area is 189 Å². The van der Waals surface area contributed by atoms with Crippen LogP contribution in [0.25, 0.3) is 17.0 Å². The van der Waals surface area contributed by atoms with Crippen molar-refractivity contribution >= 4 is 35.3 Å². The Kier molecular flexibility index (Phi) is 6.20. The van der Waals surface area contributed by atoms with Gasteiger partial charge in [-0.1, -0.05) is 37.3 Å². The Hall–Kier alpha value is -4.03. The molecule has 2 aromatic heterocycles. The largest absolute Gasteiger partial charge is 0.488 e. The molecule has 0 radical (unpaired) electrons. The molecule has 12 heteroatoms. The van der Waals surface area contributed by atoms with Crippen LogP contribution in [0.3, 0.4) is 0 Å². The van der Waals surface area contributed by atoms with Crippen LogP contribution in [0.5, 0.6) is 6.01 Å². The average molecular weight is 447 g/mol. The maximum atomic E-state index is 11.8. The number of hydrogen-bond acceptors (Lipinski definition) is 9. The number of carbonyl (C=O) groups is 1. The Morgan fingerprint density at radius 3 is 2.67 bits per heavy atom. The van der Waals surface area contributed by atoms with E-state index in [0.29, 0.717) is 41.0 Å². The topological polar surface area (TPSA) is 161 Å². The summed E-state index contributed by atoms with van der Waals surface area (Å²) < 4.78 is 6.96. The standard InChI is InChI=1S/C21H22BN7O4/c1-3-15-19(24-11-12-6-4-7-13(10-12)22(31)32)26-20(28-27-15)29-16-9-5-8-14(18(23)30)17(16)25-21(29)33-2/h4-10,31-32H,3,11H2,1-2H3,(H2,23,30)(H,24,26,28). The first-order valence-corrected chi connectivity index (χ1v) is 10.2. The van der Waals surface area contributed by atoms with Crippen molar-refractivity contribution in [1.29, 1.82) is 0 Å². The summed E-state index contributed by atoms with van der Waals surface area (Å²) in [4.78, 5) is 20.9. The van der Waals surface area contributed by atoms with Crippen molar-refractivity contribution in [3.05, 3.63) is 59.3 Å². The molecule has 4 rings (SSSR count). The Bertz CT molecular complexity index is 1330. The predicted octanol–water partition coefficient (Wildman–Crippen LogP) is 0.172. The van der Waals surface area contributed by atoms with E-state index in [1.165, 1.54) is 7.11 Å². The second-order valence-corrected chi connectivity index (χ2v) is 7.20. The second kappa shape index (κ2) is 9.22. The molecule has 33 heavy (non-hydrogen) atoms. The molecular weight excluding hydrogens is 425 g/mol. The lowest BCUT2D eigenvalue weighted by Crippen LogP contribution is -2.30. The third kappa shape index (κ3) is 4.34. The third-order valence-corrected chi connectivity index (χ3v) is 5.09. The fourth-order valence-corrected chi connectivity index (χ4v) is 3.47. The molecule has 0 atom stereocenters. The number of amides is 1. The molecular formula is C21H22BN7O4. The van der Waals surface area contributed by atoms with Gasteiger partial charge in [-0.25, -0.2) is 4.57 Å². The van der Waals surface area contributed by atoms with Gasteiger partial charge in [-0.3, -0.25) is 4.79 Å². The molecule has 0 spiro atoms. The van der Waals surface area contributed by atoms with Crippen molar-refractivity contribution < 1.29 is 19.6 Å². The lowest BCUT2D eigenvalue weighted by molar-refractivity contribution is 0.100. The van der Waals surface area contributed by atoms with Crippen LogP contribution >= 0.6 is 0 Å². The second-order valence-electron chi connectivity index (χ2n) is 7.20. The molecule has 0 bridgehead atoms. The number of fused-ring (bicyclic) bond motifs is 1. The molecule has 1 amide bonds. The SMILES string of the molecule is CCc1nnc(-n2c(OC)nc3c(C(N)=O)cccc32)nc1NCc1cccc(B(O)O)c1. The summed E-state index contributed by atoms with van der Waals surface area (Å²) in [6.45, 7) is 2.31. The van der Waals surface area contributed by atoms with Crippen molar-refractivity contribution in [2.75, 3.05) is 12.4 Å². The lowest BCUT2D eigenvalue weighted by atomic mass is 9.80. The minimum absolute atomic E-state index is 0.181. The van der Waals surface area contributed by atoms with Gasteiger partial charge in [-0.15, -0.1) is 10.2 Å². The monoisotopic (exact) mass is 447 g/mol. The number of nitrogens with one attached hydrogen (secondary N) is 1. The van der Waals surface area contributed by atoms with Crippen LogP contribution in [-0.4, -0.2) is 54.9 Å². The Balaban J connectivity index is 1.74. The minimum Gasteiger partial charge on any atom is -0.468 e. The summed E-state index contributed by atoms with van der Waals surface area (Å²) in [7, 11) is -0.0900. The molecule has 4 aromatic rings. The number of benzene rings is 2. The highest BCUT2D eigenvalue weighted by atomic mass is 16.5. The first kappa shape index (κ1) is 22.2. The number of primary amides is 1. The first-order chi connectivity index (χ1) is 15.9. The van der Waals surface area contributed by atoms with E-state index in [9.17, 15) is 14.8 Å². The molecule has 168 valence electrons. The predicted molar refractivity (Wildman–Crippen MR) is 122 cm³/mol. The van der Waals surface area contributed by atoms with Crippen molar-refractivity contribution in [3.63, 3.8) is 0 Å². The van der Waals surface area contributed by atoms with Crippen LogP contribution in [0.15, 0.2) is 42.5 Å². The minimum atomic E-state index is -1.55. The fraction of sp³-hybridized carbons (Fsp3) is 0.190. The number of nitrogens with zero attached hydrogens (tertiary/aromatic N) is 5. The quantitative estimate of drug-likeness (QED) is 0.276. The number of para-hydroxylation sites is 1. The summed E-state index contributed by atoms with van der Waals surface area (Å²) in [6.07, 6.45) is 0.589. The highest BCUT2D eigenvalue weighted by Crippen LogP contribution is 2.27. The number of ether oxygens (including phenoxy) is 1. The molecule has 0 unspecified atom stereocenters. The zero-order valence-electron chi connectivity index (χ0n) is 18.1. The number of aryl methyl sites for hydroxylation is 1. The Morgan fingerprint density at radius 1 is 1.18 bits per heavy atom. The first-order valence-electron chi connectivity index (χ1n) is 10.2. The van der Waals surface area contributed by atoms with E-state index in [-0.39, 0.29) is 17.5 Å². The van der Waals surface area contributed by atoms with Gasteiger partial charge in [0.15, 0.2) is 5.82 Å². The number of hydrogen-bond donors (Lipinski definition) is 4. The molecule has 0 saturated heterocycles. The van der Waals surface area contributed by atoms with Crippen LogP contribution in [0.2, 0.25) is 0 Å². The highest BCUT2D eigenvalue weighted by Gasteiger charge is 2.21. The van der Waals surface area contributed by atoms with E-state index in [4.69, 9.17) is 10.5 Å². The highest BCUT2D eigenvalue weighted by molar-refractivity contribution is 6.58. The van der Waals surface area contributed by atoms with E-state index in [2.05, 4.69) is 25.5 Å². The number of methoxy groups -OCH3 is 1. The molecule has 2 heterocycles. The summed E-state index contributed by atoms with van der Waals surface area (Å²) in [5, 5.41) is 30.6. The van der Waals surface area contributed by atoms with Gasteiger partial charge in [-0.05, 0) is 29.6 Å². The van der Waals surface area contributed by atoms with Gasteiger partial charge in [0.25, 0.3) is 11.9 Å².